The Hall–Kier alpha value is -4.13. The largest absolute Gasteiger partial charge is 0.454 e. The van der Waals surface area contributed by atoms with Gasteiger partial charge in [-0.25, -0.2) is 9.97 Å². The molecule has 32 heavy (non-hydrogen) atoms. The number of nitrogens with one attached hydrogen (secondary N) is 1. The van der Waals surface area contributed by atoms with Crippen LogP contribution >= 0.6 is 0 Å². The number of nitrogen functional groups attached to an aromatic ring is 1. The van der Waals surface area contributed by atoms with E-state index in [1.807, 2.05) is 7.05 Å². The number of anilines is 3. The Kier molecular flexibility index (Phi) is 3.89. The van der Waals surface area contributed by atoms with E-state index in [0.717, 1.165) is 12.4 Å². The summed E-state index contributed by atoms with van der Waals surface area (Å²) in [6.07, 6.45) is 7.94. The predicted octanol–water partition coefficient (Wildman–Crippen LogP) is 3.37. The first-order chi connectivity index (χ1) is 15.6. The molecule has 1 spiro atoms. The van der Waals surface area contributed by atoms with Crippen LogP contribution in [-0.2, 0) is 19.0 Å². The SMILES string of the molecule is Cn1c(Nc2cc3n(n2)CCCC32CC2)nc2ncc(Oc3ccnc(N)c3)c(C#N)c21. The van der Waals surface area contributed by atoms with Crippen molar-refractivity contribution in [1.29, 1.82) is 5.26 Å². The van der Waals surface area contributed by atoms with Crippen LogP contribution in [0.3, 0.4) is 0 Å². The molecule has 5 heterocycles. The van der Waals surface area contributed by atoms with Crippen LogP contribution in [0.1, 0.15) is 36.9 Å². The van der Waals surface area contributed by atoms with Crippen molar-refractivity contribution in [2.75, 3.05) is 11.1 Å². The molecule has 4 aromatic heterocycles. The summed E-state index contributed by atoms with van der Waals surface area (Å²) < 4.78 is 9.80. The summed E-state index contributed by atoms with van der Waals surface area (Å²) in [5.41, 5.74) is 8.75. The molecule has 1 aliphatic carbocycles. The summed E-state index contributed by atoms with van der Waals surface area (Å²) in [7, 11) is 1.84. The monoisotopic (exact) mass is 427 g/mol. The summed E-state index contributed by atoms with van der Waals surface area (Å²) in [6.45, 7) is 0.946. The number of pyridine rings is 2. The Morgan fingerprint density at radius 3 is 2.91 bits per heavy atom. The van der Waals surface area contributed by atoms with Crippen LogP contribution in [0.15, 0.2) is 30.6 Å². The molecule has 0 aromatic carbocycles. The lowest BCUT2D eigenvalue weighted by atomic mass is 9.93. The van der Waals surface area contributed by atoms with Crippen molar-refractivity contribution in [3.05, 3.63) is 41.9 Å². The zero-order valence-electron chi connectivity index (χ0n) is 17.5. The Morgan fingerprint density at radius 2 is 2.12 bits per heavy atom. The van der Waals surface area contributed by atoms with Gasteiger partial charge in [0.2, 0.25) is 5.95 Å². The van der Waals surface area contributed by atoms with E-state index in [9.17, 15) is 5.26 Å². The highest BCUT2D eigenvalue weighted by Crippen LogP contribution is 2.54. The Balaban J connectivity index is 1.36. The third kappa shape index (κ3) is 2.85. The summed E-state index contributed by atoms with van der Waals surface area (Å²) in [6, 6.07) is 7.63. The second kappa shape index (κ2) is 6.68. The van der Waals surface area contributed by atoms with Crippen molar-refractivity contribution in [2.24, 2.45) is 7.05 Å². The lowest BCUT2D eigenvalue weighted by Crippen LogP contribution is -2.21. The number of nitrogens with zero attached hydrogens (tertiary/aromatic N) is 7. The molecule has 1 saturated carbocycles. The Labute approximate surface area is 183 Å². The normalized spacial score (nSPS) is 16.0. The maximum absolute atomic E-state index is 9.88. The molecule has 10 heteroatoms. The Morgan fingerprint density at radius 1 is 1.25 bits per heavy atom. The van der Waals surface area contributed by atoms with Gasteiger partial charge in [0.15, 0.2) is 17.2 Å². The minimum absolute atomic E-state index is 0.327. The highest BCUT2D eigenvalue weighted by atomic mass is 16.5. The number of ether oxygens (including phenoxy) is 1. The molecular weight excluding hydrogens is 406 g/mol. The van der Waals surface area contributed by atoms with Crippen molar-refractivity contribution < 1.29 is 4.74 Å². The number of fused-ring (bicyclic) bond motifs is 3. The van der Waals surface area contributed by atoms with Gasteiger partial charge in [0, 0.05) is 43.0 Å². The second-order valence-corrected chi connectivity index (χ2v) is 8.44. The fraction of sp³-hybridized carbons (Fsp3) is 0.318. The lowest BCUT2D eigenvalue weighted by molar-refractivity contribution is 0.411. The number of hydrogen-bond donors (Lipinski definition) is 2. The fourth-order valence-corrected chi connectivity index (χ4v) is 4.61. The van der Waals surface area contributed by atoms with E-state index in [4.69, 9.17) is 15.6 Å². The van der Waals surface area contributed by atoms with Gasteiger partial charge in [-0.2, -0.15) is 15.3 Å². The number of imidazole rings is 1. The van der Waals surface area contributed by atoms with Gasteiger partial charge in [0.1, 0.15) is 28.7 Å². The number of rotatable bonds is 4. The van der Waals surface area contributed by atoms with Crippen molar-refractivity contribution >= 4 is 28.7 Å². The van der Waals surface area contributed by atoms with E-state index in [1.165, 1.54) is 37.6 Å². The molecule has 160 valence electrons. The average Bonchev–Trinajstić information content (AvgIpc) is 3.30. The first-order valence-corrected chi connectivity index (χ1v) is 10.6. The molecular formula is C22H21N9O. The second-order valence-electron chi connectivity index (χ2n) is 8.44. The molecule has 2 aliphatic rings. The third-order valence-electron chi connectivity index (χ3n) is 6.40. The molecule has 0 bridgehead atoms. The number of aromatic nitrogens is 6. The third-order valence-corrected chi connectivity index (χ3v) is 6.40. The van der Waals surface area contributed by atoms with E-state index >= 15 is 0 Å². The molecule has 0 radical (unpaired) electrons. The molecule has 1 fully saturated rings. The van der Waals surface area contributed by atoms with Crippen LogP contribution in [0.25, 0.3) is 11.2 Å². The van der Waals surface area contributed by atoms with E-state index in [-0.39, 0.29) is 0 Å². The lowest BCUT2D eigenvalue weighted by Gasteiger charge is -2.22. The van der Waals surface area contributed by atoms with Gasteiger partial charge in [-0.1, -0.05) is 0 Å². The fourth-order valence-electron chi connectivity index (χ4n) is 4.61. The molecule has 0 unspecified atom stereocenters. The molecule has 4 aromatic rings. The standard InChI is InChI=1S/C22H21N9O/c1-30-19-14(11-23)15(32-13-3-7-25-17(24)9-13)12-26-20(19)28-21(30)27-18-10-16-22(5-6-22)4-2-8-31(16)29-18/h3,7,9-10,12H,2,4-6,8H2,1H3,(H2,24,25)(H,26,27,28,29). The van der Waals surface area contributed by atoms with Crippen molar-refractivity contribution in [3.8, 4) is 17.6 Å². The topological polar surface area (TPSA) is 132 Å². The van der Waals surface area contributed by atoms with Gasteiger partial charge in [0.25, 0.3) is 0 Å². The van der Waals surface area contributed by atoms with E-state index in [0.29, 0.717) is 45.4 Å². The van der Waals surface area contributed by atoms with E-state index in [1.54, 1.807) is 22.9 Å². The highest BCUT2D eigenvalue weighted by molar-refractivity contribution is 5.84. The van der Waals surface area contributed by atoms with Gasteiger partial charge in [0.05, 0.1) is 6.20 Å². The zero-order valence-corrected chi connectivity index (χ0v) is 17.5. The van der Waals surface area contributed by atoms with E-state index in [2.05, 4.69) is 37.1 Å². The van der Waals surface area contributed by atoms with E-state index < -0.39 is 0 Å². The molecule has 0 amide bonds. The number of aryl methyl sites for hydroxylation is 2. The van der Waals surface area contributed by atoms with Gasteiger partial charge < -0.3 is 20.4 Å². The highest BCUT2D eigenvalue weighted by Gasteiger charge is 2.48. The number of hydrogen-bond acceptors (Lipinski definition) is 8. The zero-order chi connectivity index (χ0) is 21.9. The first kappa shape index (κ1) is 18.6. The molecule has 0 saturated heterocycles. The van der Waals surface area contributed by atoms with Crippen LogP contribution in [-0.4, -0.2) is 29.3 Å². The first-order valence-electron chi connectivity index (χ1n) is 10.6. The minimum atomic E-state index is 0.327. The summed E-state index contributed by atoms with van der Waals surface area (Å²) in [4.78, 5) is 13.0. The molecule has 6 rings (SSSR count). The van der Waals surface area contributed by atoms with Crippen molar-refractivity contribution in [2.45, 2.75) is 37.6 Å². The van der Waals surface area contributed by atoms with Gasteiger partial charge in [-0.3, -0.25) is 4.68 Å². The minimum Gasteiger partial charge on any atom is -0.454 e. The number of nitriles is 1. The predicted molar refractivity (Wildman–Crippen MR) is 118 cm³/mol. The summed E-state index contributed by atoms with van der Waals surface area (Å²) in [5, 5.41) is 17.9. The molecule has 3 N–H and O–H groups in total. The summed E-state index contributed by atoms with van der Waals surface area (Å²) >= 11 is 0. The van der Waals surface area contributed by atoms with Crippen molar-refractivity contribution in [3.63, 3.8) is 0 Å². The molecule has 0 atom stereocenters. The molecule has 1 aliphatic heterocycles. The van der Waals surface area contributed by atoms with Crippen molar-refractivity contribution in [1.82, 2.24) is 29.3 Å². The number of nitrogens with two attached hydrogens (primary N) is 1. The van der Waals surface area contributed by atoms with Crippen LogP contribution in [0, 0.1) is 11.3 Å². The van der Waals surface area contributed by atoms with Gasteiger partial charge >= 0.3 is 0 Å². The van der Waals surface area contributed by atoms with Crippen LogP contribution in [0.5, 0.6) is 11.5 Å². The Bertz CT molecular complexity index is 1410. The average molecular weight is 427 g/mol. The molecule has 10 nitrogen and oxygen atoms in total. The quantitative estimate of drug-likeness (QED) is 0.506. The maximum Gasteiger partial charge on any atom is 0.210 e. The van der Waals surface area contributed by atoms with Gasteiger partial charge in [-0.15, -0.1) is 0 Å². The van der Waals surface area contributed by atoms with Crippen LogP contribution in [0.2, 0.25) is 0 Å². The summed E-state index contributed by atoms with van der Waals surface area (Å²) in [5.74, 6) is 2.46. The van der Waals surface area contributed by atoms with Crippen LogP contribution < -0.4 is 15.8 Å². The maximum atomic E-state index is 9.88. The van der Waals surface area contributed by atoms with Gasteiger partial charge in [-0.05, 0) is 31.7 Å². The van der Waals surface area contributed by atoms with Crippen LogP contribution in [0.4, 0.5) is 17.6 Å². The smallest absolute Gasteiger partial charge is 0.210 e.